The zero-order chi connectivity index (χ0) is 14.7. The Morgan fingerprint density at radius 2 is 1.95 bits per heavy atom. The van der Waals surface area contributed by atoms with Crippen molar-refractivity contribution in [3.8, 4) is 0 Å². The van der Waals surface area contributed by atoms with E-state index in [2.05, 4.69) is 22.0 Å². The maximum absolute atomic E-state index is 5.71. The fraction of sp³-hybridized carbons (Fsp3) is 0.467. The first-order valence-corrected chi connectivity index (χ1v) is 7.23. The predicted molar refractivity (Wildman–Crippen MR) is 80.3 cm³/mol. The third-order valence-corrected chi connectivity index (χ3v) is 3.74. The van der Waals surface area contributed by atoms with Gasteiger partial charge in [0.25, 0.3) is 5.95 Å². The fourth-order valence-electron chi connectivity index (χ4n) is 2.42. The quantitative estimate of drug-likeness (QED) is 0.865. The number of rotatable bonds is 4. The molecule has 0 bridgehead atoms. The second kappa shape index (κ2) is 6.13. The van der Waals surface area contributed by atoms with Gasteiger partial charge in [-0.3, -0.25) is 0 Å². The number of benzene rings is 1. The Hall–Kier alpha value is -2.08. The molecule has 1 saturated heterocycles. The van der Waals surface area contributed by atoms with E-state index in [-0.39, 0.29) is 0 Å². The minimum atomic E-state index is 0.309. The highest BCUT2D eigenvalue weighted by Gasteiger charge is 2.18. The van der Waals surface area contributed by atoms with E-state index in [1.54, 1.807) is 0 Å². The standard InChI is InChI=1S/C15H20N4O2/c1-11(12-2-4-13(16)5-3-12)10-14-17-15(18-21-14)19-6-8-20-9-7-19/h2-5,11H,6-10,16H2,1H3. The largest absolute Gasteiger partial charge is 0.399 e. The fourth-order valence-corrected chi connectivity index (χ4v) is 2.42. The Bertz CT molecular complexity index is 576. The molecule has 112 valence electrons. The summed E-state index contributed by atoms with van der Waals surface area (Å²) in [6.45, 7) is 5.19. The van der Waals surface area contributed by atoms with Crippen molar-refractivity contribution in [1.82, 2.24) is 10.1 Å². The molecular formula is C15H20N4O2. The molecule has 1 unspecified atom stereocenters. The van der Waals surface area contributed by atoms with Crippen LogP contribution in [-0.4, -0.2) is 36.4 Å². The molecule has 1 aliphatic heterocycles. The van der Waals surface area contributed by atoms with Gasteiger partial charge in [0.15, 0.2) is 0 Å². The number of hydrogen-bond donors (Lipinski definition) is 1. The van der Waals surface area contributed by atoms with E-state index in [0.717, 1.165) is 25.2 Å². The van der Waals surface area contributed by atoms with Crippen LogP contribution in [0, 0.1) is 0 Å². The number of nitrogens with two attached hydrogens (primary N) is 1. The molecular weight excluding hydrogens is 268 g/mol. The van der Waals surface area contributed by atoms with E-state index < -0.39 is 0 Å². The van der Waals surface area contributed by atoms with Gasteiger partial charge in [-0.25, -0.2) is 0 Å². The number of nitrogen functional groups attached to an aromatic ring is 1. The molecule has 2 aromatic rings. The van der Waals surface area contributed by atoms with Gasteiger partial charge in [0.05, 0.1) is 13.2 Å². The first-order valence-electron chi connectivity index (χ1n) is 7.23. The first kappa shape index (κ1) is 13.9. The number of morpholine rings is 1. The molecule has 1 aliphatic rings. The molecule has 3 rings (SSSR count). The molecule has 0 radical (unpaired) electrons. The average molecular weight is 288 g/mol. The van der Waals surface area contributed by atoms with Crippen LogP contribution in [0.15, 0.2) is 28.8 Å². The van der Waals surface area contributed by atoms with Crippen LogP contribution in [-0.2, 0) is 11.2 Å². The Morgan fingerprint density at radius 3 is 2.67 bits per heavy atom. The van der Waals surface area contributed by atoms with E-state index >= 15 is 0 Å². The SMILES string of the molecule is CC(Cc1nc(N2CCOCC2)no1)c1ccc(N)cc1. The molecule has 2 N–H and O–H groups in total. The number of aromatic nitrogens is 2. The molecule has 21 heavy (non-hydrogen) atoms. The van der Waals surface area contributed by atoms with E-state index in [9.17, 15) is 0 Å². The average Bonchev–Trinajstić information content (AvgIpc) is 2.97. The lowest BCUT2D eigenvalue weighted by Gasteiger charge is -2.24. The van der Waals surface area contributed by atoms with Crippen molar-refractivity contribution in [2.24, 2.45) is 0 Å². The van der Waals surface area contributed by atoms with Crippen LogP contribution in [0.3, 0.4) is 0 Å². The van der Waals surface area contributed by atoms with Crippen molar-refractivity contribution in [1.29, 1.82) is 0 Å². The van der Waals surface area contributed by atoms with Crippen molar-refractivity contribution in [3.63, 3.8) is 0 Å². The van der Waals surface area contributed by atoms with Crippen LogP contribution in [0.1, 0.15) is 24.3 Å². The van der Waals surface area contributed by atoms with Crippen LogP contribution in [0.4, 0.5) is 11.6 Å². The summed E-state index contributed by atoms with van der Waals surface area (Å²) in [5, 5.41) is 4.06. The van der Waals surface area contributed by atoms with Gasteiger partial charge in [-0.05, 0) is 28.8 Å². The van der Waals surface area contributed by atoms with Crippen LogP contribution in [0.5, 0.6) is 0 Å². The molecule has 1 fully saturated rings. The number of nitrogens with zero attached hydrogens (tertiary/aromatic N) is 3. The highest BCUT2D eigenvalue weighted by atomic mass is 16.5. The molecule has 2 heterocycles. The molecule has 0 aliphatic carbocycles. The van der Waals surface area contributed by atoms with Crippen LogP contribution in [0.2, 0.25) is 0 Å². The van der Waals surface area contributed by atoms with Gasteiger partial charge in [-0.15, -0.1) is 0 Å². The van der Waals surface area contributed by atoms with Crippen molar-refractivity contribution in [3.05, 3.63) is 35.7 Å². The zero-order valence-corrected chi connectivity index (χ0v) is 12.2. The molecule has 0 amide bonds. The molecule has 1 aromatic heterocycles. The molecule has 6 heteroatoms. The van der Waals surface area contributed by atoms with Gasteiger partial charge in [0.2, 0.25) is 5.89 Å². The minimum Gasteiger partial charge on any atom is -0.399 e. The van der Waals surface area contributed by atoms with E-state index in [1.165, 1.54) is 5.56 Å². The normalized spacial score (nSPS) is 16.9. The second-order valence-corrected chi connectivity index (χ2v) is 5.36. The van der Waals surface area contributed by atoms with E-state index in [4.69, 9.17) is 15.0 Å². The summed E-state index contributed by atoms with van der Waals surface area (Å²) in [5.74, 6) is 1.64. The molecule has 1 aromatic carbocycles. The van der Waals surface area contributed by atoms with Gasteiger partial charge >= 0.3 is 0 Å². The van der Waals surface area contributed by atoms with Gasteiger partial charge in [0, 0.05) is 25.2 Å². The molecule has 6 nitrogen and oxygen atoms in total. The van der Waals surface area contributed by atoms with Crippen LogP contribution < -0.4 is 10.6 Å². The topological polar surface area (TPSA) is 77.4 Å². The first-order chi connectivity index (χ1) is 10.2. The summed E-state index contributed by atoms with van der Waals surface area (Å²) in [6.07, 6.45) is 0.723. The Balaban J connectivity index is 1.64. The maximum Gasteiger partial charge on any atom is 0.266 e. The Kier molecular flexibility index (Phi) is 4.06. The molecule has 1 atom stereocenters. The Labute approximate surface area is 123 Å². The second-order valence-electron chi connectivity index (χ2n) is 5.36. The maximum atomic E-state index is 5.71. The third kappa shape index (κ3) is 3.33. The molecule has 0 spiro atoms. The van der Waals surface area contributed by atoms with Gasteiger partial charge in [0.1, 0.15) is 0 Å². The van der Waals surface area contributed by atoms with E-state index in [1.807, 2.05) is 24.3 Å². The van der Waals surface area contributed by atoms with Gasteiger partial charge in [-0.1, -0.05) is 19.1 Å². The number of ether oxygens (including phenoxy) is 1. The number of anilines is 2. The molecule has 0 saturated carbocycles. The van der Waals surface area contributed by atoms with Crippen LogP contribution >= 0.6 is 0 Å². The smallest absolute Gasteiger partial charge is 0.266 e. The predicted octanol–water partition coefficient (Wildman–Crippen LogP) is 1.83. The highest BCUT2D eigenvalue weighted by molar-refractivity contribution is 5.40. The lowest BCUT2D eigenvalue weighted by atomic mass is 9.98. The third-order valence-electron chi connectivity index (χ3n) is 3.74. The van der Waals surface area contributed by atoms with Crippen molar-refractivity contribution >= 4 is 11.6 Å². The summed E-state index contributed by atoms with van der Waals surface area (Å²) in [6, 6.07) is 7.91. The summed E-state index contributed by atoms with van der Waals surface area (Å²) in [4.78, 5) is 6.57. The Morgan fingerprint density at radius 1 is 1.24 bits per heavy atom. The highest BCUT2D eigenvalue weighted by Crippen LogP contribution is 2.22. The van der Waals surface area contributed by atoms with Gasteiger partial charge < -0.3 is 19.9 Å². The monoisotopic (exact) mass is 288 g/mol. The lowest BCUT2D eigenvalue weighted by molar-refractivity contribution is 0.121. The summed E-state index contributed by atoms with van der Waals surface area (Å²) >= 11 is 0. The number of hydrogen-bond acceptors (Lipinski definition) is 6. The lowest BCUT2D eigenvalue weighted by Crippen LogP contribution is -2.36. The van der Waals surface area contributed by atoms with Gasteiger partial charge in [-0.2, -0.15) is 4.98 Å². The zero-order valence-electron chi connectivity index (χ0n) is 12.2. The minimum absolute atomic E-state index is 0.309. The van der Waals surface area contributed by atoms with Crippen molar-refractivity contribution < 1.29 is 9.26 Å². The van der Waals surface area contributed by atoms with Crippen molar-refractivity contribution in [2.75, 3.05) is 36.9 Å². The van der Waals surface area contributed by atoms with Crippen LogP contribution in [0.25, 0.3) is 0 Å². The summed E-state index contributed by atoms with van der Waals surface area (Å²) in [7, 11) is 0. The van der Waals surface area contributed by atoms with Crippen molar-refractivity contribution in [2.45, 2.75) is 19.3 Å². The van der Waals surface area contributed by atoms with E-state index in [0.29, 0.717) is 31.0 Å². The summed E-state index contributed by atoms with van der Waals surface area (Å²) in [5.41, 5.74) is 7.70. The summed E-state index contributed by atoms with van der Waals surface area (Å²) < 4.78 is 10.7.